The molecule has 0 saturated carbocycles. The van der Waals surface area contributed by atoms with Crippen molar-refractivity contribution in [3.05, 3.63) is 10.4 Å². The van der Waals surface area contributed by atoms with E-state index < -0.39 is 0 Å². The summed E-state index contributed by atoms with van der Waals surface area (Å²) in [6.45, 7) is 9.24. The van der Waals surface area contributed by atoms with Gasteiger partial charge in [0.2, 0.25) is 0 Å². The summed E-state index contributed by atoms with van der Waals surface area (Å²) >= 11 is 3.48. The second kappa shape index (κ2) is 8.42. The first-order chi connectivity index (χ1) is 12.5. The summed E-state index contributed by atoms with van der Waals surface area (Å²) in [7, 11) is 4.22. The van der Waals surface area contributed by atoms with Gasteiger partial charge in [-0.25, -0.2) is 9.97 Å². The van der Waals surface area contributed by atoms with Gasteiger partial charge in [-0.05, 0) is 51.7 Å². The zero-order valence-corrected chi connectivity index (χ0v) is 18.1. The van der Waals surface area contributed by atoms with E-state index in [-0.39, 0.29) is 5.60 Å². The molecule has 1 aliphatic heterocycles. The largest absolute Gasteiger partial charge is 0.369 e. The van der Waals surface area contributed by atoms with Crippen LogP contribution in [0.2, 0.25) is 0 Å². The molecule has 0 amide bonds. The van der Waals surface area contributed by atoms with Crippen molar-refractivity contribution < 1.29 is 4.74 Å². The maximum Gasteiger partial charge on any atom is 0.190 e. The van der Waals surface area contributed by atoms with Crippen molar-refractivity contribution in [3.8, 4) is 0 Å². The lowest BCUT2D eigenvalue weighted by atomic mass is 9.90. The van der Waals surface area contributed by atoms with Crippen LogP contribution in [0, 0.1) is 0 Å². The predicted octanol–water partition coefficient (Wildman–Crippen LogP) is 4.41. The van der Waals surface area contributed by atoms with Crippen LogP contribution in [-0.2, 0) is 17.8 Å². The molecular formula is C19H30N4OS2. The number of aromatic nitrogens is 2. The van der Waals surface area contributed by atoms with Crippen molar-refractivity contribution in [2.45, 2.75) is 57.4 Å². The van der Waals surface area contributed by atoms with Crippen LogP contribution in [-0.4, -0.2) is 53.4 Å². The first-order valence-corrected chi connectivity index (χ1v) is 11.2. The molecule has 5 nitrogen and oxygen atoms in total. The van der Waals surface area contributed by atoms with Crippen molar-refractivity contribution in [2.24, 2.45) is 0 Å². The molecule has 0 saturated heterocycles. The quantitative estimate of drug-likeness (QED) is 0.407. The molecule has 7 heteroatoms. The van der Waals surface area contributed by atoms with Gasteiger partial charge in [0.15, 0.2) is 5.16 Å². The van der Waals surface area contributed by atoms with Crippen molar-refractivity contribution in [2.75, 3.05) is 38.3 Å². The topological polar surface area (TPSA) is 50.3 Å². The minimum Gasteiger partial charge on any atom is -0.369 e. The number of fused-ring (bicyclic) bond motifs is 3. The highest BCUT2D eigenvalue weighted by Crippen LogP contribution is 2.42. The Hall–Kier alpha value is -0.890. The molecular weight excluding hydrogens is 364 g/mol. The lowest BCUT2D eigenvalue weighted by Gasteiger charge is -2.33. The van der Waals surface area contributed by atoms with E-state index in [1.807, 2.05) is 0 Å². The molecule has 0 radical (unpaired) electrons. The fraction of sp³-hybridized carbons (Fsp3) is 0.684. The van der Waals surface area contributed by atoms with Crippen molar-refractivity contribution in [1.29, 1.82) is 0 Å². The van der Waals surface area contributed by atoms with E-state index in [1.165, 1.54) is 15.8 Å². The van der Waals surface area contributed by atoms with Crippen LogP contribution in [0.5, 0.6) is 0 Å². The van der Waals surface area contributed by atoms with Gasteiger partial charge < -0.3 is 15.0 Å². The van der Waals surface area contributed by atoms with Gasteiger partial charge in [0, 0.05) is 17.8 Å². The second-order valence-electron chi connectivity index (χ2n) is 7.32. The van der Waals surface area contributed by atoms with Gasteiger partial charge in [0.05, 0.1) is 17.6 Å². The summed E-state index contributed by atoms with van der Waals surface area (Å²) in [4.78, 5) is 14.3. The van der Waals surface area contributed by atoms with Crippen molar-refractivity contribution in [3.63, 3.8) is 0 Å². The summed E-state index contributed by atoms with van der Waals surface area (Å²) in [5.74, 6) is 1.98. The van der Waals surface area contributed by atoms with E-state index in [1.54, 1.807) is 23.1 Å². The van der Waals surface area contributed by atoms with Gasteiger partial charge in [-0.2, -0.15) is 0 Å². The molecule has 1 atom stereocenters. The van der Waals surface area contributed by atoms with Gasteiger partial charge in [-0.3, -0.25) is 0 Å². The van der Waals surface area contributed by atoms with Crippen LogP contribution in [0.4, 0.5) is 5.82 Å². The van der Waals surface area contributed by atoms with E-state index in [0.29, 0.717) is 6.61 Å². The Labute approximate surface area is 164 Å². The highest BCUT2D eigenvalue weighted by Gasteiger charge is 2.33. The molecule has 0 aliphatic carbocycles. The van der Waals surface area contributed by atoms with Crippen LogP contribution in [0.15, 0.2) is 5.16 Å². The molecule has 1 N–H and O–H groups in total. The summed E-state index contributed by atoms with van der Waals surface area (Å²) in [5.41, 5.74) is 1.31. The predicted molar refractivity (Wildman–Crippen MR) is 113 cm³/mol. The number of ether oxygens (including phenoxy) is 1. The van der Waals surface area contributed by atoms with Gasteiger partial charge in [-0.1, -0.05) is 25.6 Å². The molecule has 1 aliphatic rings. The van der Waals surface area contributed by atoms with Crippen LogP contribution in [0.1, 0.15) is 44.1 Å². The average Bonchev–Trinajstić information content (AvgIpc) is 2.96. The van der Waals surface area contributed by atoms with Crippen molar-refractivity contribution >= 4 is 39.1 Å². The third kappa shape index (κ3) is 4.32. The molecule has 2 aromatic heterocycles. The Morgan fingerprint density at radius 1 is 1.31 bits per heavy atom. The molecule has 3 heterocycles. The smallest absolute Gasteiger partial charge is 0.190 e. The average molecular weight is 395 g/mol. The van der Waals surface area contributed by atoms with Crippen molar-refractivity contribution in [1.82, 2.24) is 14.9 Å². The van der Waals surface area contributed by atoms with Gasteiger partial charge in [-0.15, -0.1) is 11.3 Å². The second-order valence-corrected chi connectivity index (χ2v) is 9.64. The van der Waals surface area contributed by atoms with E-state index in [0.717, 1.165) is 53.9 Å². The standard InChI is InChI=1S/C19H30N4OS2/c1-6-19(3)11-13-14(12-24-19)26-17-15(13)16(20-9-8-10-23(4)5)21-18(22-17)25-7-2/h6-12H2,1-5H3,(H,20,21,22). The van der Waals surface area contributed by atoms with E-state index in [2.05, 4.69) is 45.1 Å². The number of nitrogens with zero attached hydrogens (tertiary/aromatic N) is 3. The molecule has 0 bridgehead atoms. The molecule has 144 valence electrons. The normalized spacial score (nSPS) is 19.9. The first-order valence-electron chi connectivity index (χ1n) is 9.43. The minimum atomic E-state index is -0.0833. The maximum absolute atomic E-state index is 6.14. The monoisotopic (exact) mass is 394 g/mol. The Balaban J connectivity index is 1.95. The number of thioether (sulfide) groups is 1. The Morgan fingerprint density at radius 3 is 2.81 bits per heavy atom. The van der Waals surface area contributed by atoms with Gasteiger partial charge in [0.1, 0.15) is 10.6 Å². The summed E-state index contributed by atoms with van der Waals surface area (Å²) in [6, 6.07) is 0. The highest BCUT2D eigenvalue weighted by molar-refractivity contribution is 7.99. The molecule has 1 unspecified atom stereocenters. The fourth-order valence-electron chi connectivity index (χ4n) is 3.20. The SMILES string of the molecule is CCSc1nc(NCCCN(C)C)c2c3c(sc2n1)COC(C)(CC)C3. The number of thiophene rings is 1. The Bertz CT molecular complexity index is 762. The lowest BCUT2D eigenvalue weighted by Crippen LogP contribution is -2.34. The van der Waals surface area contributed by atoms with Crippen LogP contribution in [0.25, 0.3) is 10.2 Å². The molecule has 3 rings (SSSR count). The maximum atomic E-state index is 6.14. The molecule has 2 aromatic rings. The fourth-order valence-corrected chi connectivity index (χ4v) is 4.93. The van der Waals surface area contributed by atoms with E-state index in [9.17, 15) is 0 Å². The summed E-state index contributed by atoms with van der Waals surface area (Å²) < 4.78 is 6.14. The first kappa shape index (κ1) is 19.9. The van der Waals surface area contributed by atoms with Gasteiger partial charge >= 0.3 is 0 Å². The highest BCUT2D eigenvalue weighted by atomic mass is 32.2. The number of hydrogen-bond donors (Lipinski definition) is 1. The van der Waals surface area contributed by atoms with E-state index >= 15 is 0 Å². The number of anilines is 1. The molecule has 0 fully saturated rings. The molecule has 26 heavy (non-hydrogen) atoms. The third-order valence-electron chi connectivity index (χ3n) is 4.91. The Kier molecular flexibility index (Phi) is 6.43. The zero-order valence-electron chi connectivity index (χ0n) is 16.5. The summed E-state index contributed by atoms with van der Waals surface area (Å²) in [5, 5.41) is 5.69. The molecule has 0 spiro atoms. The van der Waals surface area contributed by atoms with Crippen LogP contribution < -0.4 is 5.32 Å². The molecule has 0 aromatic carbocycles. The number of rotatable bonds is 8. The number of nitrogens with one attached hydrogen (secondary N) is 1. The lowest BCUT2D eigenvalue weighted by molar-refractivity contribution is -0.0542. The minimum absolute atomic E-state index is 0.0833. The number of hydrogen-bond acceptors (Lipinski definition) is 7. The third-order valence-corrected chi connectivity index (χ3v) is 6.74. The van der Waals surface area contributed by atoms with E-state index in [4.69, 9.17) is 14.7 Å². The van der Waals surface area contributed by atoms with Gasteiger partial charge in [0.25, 0.3) is 0 Å². The van der Waals surface area contributed by atoms with Crippen LogP contribution in [0.3, 0.4) is 0 Å². The van der Waals surface area contributed by atoms with Crippen LogP contribution >= 0.6 is 23.1 Å². The zero-order chi connectivity index (χ0) is 18.7. The summed E-state index contributed by atoms with van der Waals surface area (Å²) in [6.07, 6.45) is 3.05. The Morgan fingerprint density at radius 2 is 2.12 bits per heavy atom.